The van der Waals surface area contributed by atoms with Crippen LogP contribution in [0.2, 0.25) is 0 Å². The number of aryl methyl sites for hydroxylation is 1. The minimum Gasteiger partial charge on any atom is -0.0990 e. The van der Waals surface area contributed by atoms with Crippen LogP contribution in [0.25, 0.3) is 5.57 Å². The number of rotatable bonds is 3. The maximum atomic E-state index is 3.77. The first-order valence-electron chi connectivity index (χ1n) is 4.30. The summed E-state index contributed by atoms with van der Waals surface area (Å²) < 4.78 is 0. The van der Waals surface area contributed by atoms with Gasteiger partial charge in [-0.2, -0.15) is 0 Å². The molecule has 0 aliphatic rings. The summed E-state index contributed by atoms with van der Waals surface area (Å²) in [5, 5.41) is 0. The van der Waals surface area contributed by atoms with Crippen LogP contribution < -0.4 is 0 Å². The molecular weight excluding hydrogens is 192 g/mol. The molecule has 16 heavy (non-hydrogen) atoms. The van der Waals surface area contributed by atoms with Gasteiger partial charge in [0.25, 0.3) is 0 Å². The highest BCUT2D eigenvalue weighted by atomic mass is 14.0. The predicted molar refractivity (Wildman–Crippen MR) is 79.7 cm³/mol. The van der Waals surface area contributed by atoms with E-state index >= 15 is 0 Å². The third-order valence-corrected chi connectivity index (χ3v) is 1.87. The molecule has 1 rings (SSSR count). The lowest BCUT2D eigenvalue weighted by atomic mass is 10.0. The van der Waals surface area contributed by atoms with Gasteiger partial charge in [-0.3, -0.25) is 0 Å². The molecule has 0 heteroatoms. The zero-order chi connectivity index (χ0) is 9.68. The van der Waals surface area contributed by atoms with E-state index in [2.05, 4.69) is 38.3 Å². The second-order valence-electron chi connectivity index (χ2n) is 2.93. The van der Waals surface area contributed by atoms with Crippen molar-refractivity contribution in [3.05, 3.63) is 66.8 Å². The molecule has 0 amide bonds. The summed E-state index contributed by atoms with van der Waals surface area (Å²) in [5.41, 5.74) is 3.56. The van der Waals surface area contributed by atoms with Crippen LogP contribution in [0.1, 0.15) is 33.4 Å². The Balaban J connectivity index is -0.000000563. The Hall–Kier alpha value is -1.56. The SMILES string of the molecule is C.C.C.C=C/C=C(\C=C)c1cccc(C)c1. The largest absolute Gasteiger partial charge is 0.0990 e. The Bertz CT molecular complexity index is 343. The van der Waals surface area contributed by atoms with Gasteiger partial charge >= 0.3 is 0 Å². The van der Waals surface area contributed by atoms with Gasteiger partial charge in [0, 0.05) is 0 Å². The molecule has 0 heterocycles. The molecule has 0 aromatic heterocycles. The molecule has 0 N–H and O–H groups in total. The Labute approximate surface area is 102 Å². The Morgan fingerprint density at radius 2 is 1.75 bits per heavy atom. The van der Waals surface area contributed by atoms with E-state index in [-0.39, 0.29) is 22.3 Å². The van der Waals surface area contributed by atoms with Crippen molar-refractivity contribution in [2.45, 2.75) is 29.2 Å². The fourth-order valence-electron chi connectivity index (χ4n) is 1.23. The van der Waals surface area contributed by atoms with Gasteiger partial charge in [-0.05, 0) is 18.1 Å². The molecule has 0 bridgehead atoms. The normalized spacial score (nSPS) is 8.94. The summed E-state index contributed by atoms with van der Waals surface area (Å²) in [4.78, 5) is 0. The van der Waals surface area contributed by atoms with Gasteiger partial charge in [0.2, 0.25) is 0 Å². The standard InChI is InChI=1S/C13H14.3CH4/c1-4-7-12(5-2)13-9-6-8-11(3)10-13;;;/h4-10H,1-2H2,3H3;3*1H4/b12-7+;;;. The highest BCUT2D eigenvalue weighted by Gasteiger charge is 1.95. The lowest BCUT2D eigenvalue weighted by Gasteiger charge is -2.02. The minimum atomic E-state index is 0. The van der Waals surface area contributed by atoms with Gasteiger partial charge in [-0.25, -0.2) is 0 Å². The van der Waals surface area contributed by atoms with E-state index in [4.69, 9.17) is 0 Å². The second-order valence-corrected chi connectivity index (χ2v) is 2.93. The van der Waals surface area contributed by atoms with Crippen LogP contribution in [0.15, 0.2) is 55.7 Å². The molecular formula is C16H26. The van der Waals surface area contributed by atoms with Crippen molar-refractivity contribution in [1.29, 1.82) is 0 Å². The van der Waals surface area contributed by atoms with Crippen LogP contribution >= 0.6 is 0 Å². The minimum absolute atomic E-state index is 0. The average molecular weight is 218 g/mol. The molecule has 90 valence electrons. The topological polar surface area (TPSA) is 0 Å². The molecule has 0 fully saturated rings. The molecule has 0 saturated heterocycles. The first-order valence-corrected chi connectivity index (χ1v) is 4.30. The Kier molecular flexibility index (Phi) is 12.4. The highest BCUT2D eigenvalue weighted by molar-refractivity contribution is 5.74. The Morgan fingerprint density at radius 1 is 1.12 bits per heavy atom. The van der Waals surface area contributed by atoms with Gasteiger partial charge in [-0.1, -0.05) is 83.5 Å². The van der Waals surface area contributed by atoms with Gasteiger partial charge in [0.1, 0.15) is 0 Å². The summed E-state index contributed by atoms with van der Waals surface area (Å²) in [6, 6.07) is 8.34. The first-order chi connectivity index (χ1) is 6.27. The number of allylic oxidation sites excluding steroid dienone is 4. The number of hydrogen-bond donors (Lipinski definition) is 0. The first kappa shape index (κ1) is 19.9. The van der Waals surface area contributed by atoms with E-state index in [1.54, 1.807) is 6.08 Å². The highest BCUT2D eigenvalue weighted by Crippen LogP contribution is 2.16. The molecule has 0 unspecified atom stereocenters. The van der Waals surface area contributed by atoms with Crippen LogP contribution in [0.4, 0.5) is 0 Å². The molecule has 0 nitrogen and oxygen atoms in total. The van der Waals surface area contributed by atoms with Crippen LogP contribution in [-0.4, -0.2) is 0 Å². The van der Waals surface area contributed by atoms with Gasteiger partial charge < -0.3 is 0 Å². The zero-order valence-electron chi connectivity index (χ0n) is 7.96. The summed E-state index contributed by atoms with van der Waals surface area (Å²) in [5.74, 6) is 0. The van der Waals surface area contributed by atoms with Crippen LogP contribution in [0.5, 0.6) is 0 Å². The Morgan fingerprint density at radius 3 is 2.19 bits per heavy atom. The van der Waals surface area contributed by atoms with Crippen molar-refractivity contribution in [3.8, 4) is 0 Å². The molecule has 1 aromatic rings. The van der Waals surface area contributed by atoms with Gasteiger partial charge in [-0.15, -0.1) is 0 Å². The lowest BCUT2D eigenvalue weighted by molar-refractivity contribution is 1.45. The monoisotopic (exact) mass is 218 g/mol. The van der Waals surface area contributed by atoms with Gasteiger partial charge in [0.05, 0.1) is 0 Å². The third-order valence-electron chi connectivity index (χ3n) is 1.87. The van der Waals surface area contributed by atoms with Crippen molar-refractivity contribution >= 4 is 5.57 Å². The maximum Gasteiger partial charge on any atom is -0.0182 e. The maximum absolute atomic E-state index is 3.77. The number of hydrogen-bond acceptors (Lipinski definition) is 0. The van der Waals surface area contributed by atoms with E-state index in [1.807, 2.05) is 18.2 Å². The van der Waals surface area contributed by atoms with Crippen LogP contribution in [0, 0.1) is 6.92 Å². The smallest absolute Gasteiger partial charge is 0.0182 e. The van der Waals surface area contributed by atoms with E-state index in [0.29, 0.717) is 0 Å². The van der Waals surface area contributed by atoms with Crippen LogP contribution in [-0.2, 0) is 0 Å². The summed E-state index contributed by atoms with van der Waals surface area (Å²) >= 11 is 0. The van der Waals surface area contributed by atoms with Crippen molar-refractivity contribution in [2.75, 3.05) is 0 Å². The molecule has 0 aliphatic heterocycles. The lowest BCUT2D eigenvalue weighted by Crippen LogP contribution is -1.81. The quantitative estimate of drug-likeness (QED) is 0.574. The van der Waals surface area contributed by atoms with Crippen molar-refractivity contribution < 1.29 is 0 Å². The van der Waals surface area contributed by atoms with Gasteiger partial charge in [0.15, 0.2) is 0 Å². The molecule has 1 aromatic carbocycles. The van der Waals surface area contributed by atoms with Crippen LogP contribution in [0.3, 0.4) is 0 Å². The van der Waals surface area contributed by atoms with E-state index in [9.17, 15) is 0 Å². The van der Waals surface area contributed by atoms with Crippen molar-refractivity contribution in [1.82, 2.24) is 0 Å². The summed E-state index contributed by atoms with van der Waals surface area (Å²) in [6.45, 7) is 9.52. The van der Waals surface area contributed by atoms with E-state index in [0.717, 1.165) is 5.57 Å². The van der Waals surface area contributed by atoms with Crippen molar-refractivity contribution in [2.24, 2.45) is 0 Å². The van der Waals surface area contributed by atoms with Crippen molar-refractivity contribution in [3.63, 3.8) is 0 Å². The second kappa shape index (κ2) is 9.97. The zero-order valence-corrected chi connectivity index (χ0v) is 7.96. The fourth-order valence-corrected chi connectivity index (χ4v) is 1.23. The molecule has 0 spiro atoms. The number of benzene rings is 1. The van der Waals surface area contributed by atoms with E-state index < -0.39 is 0 Å². The molecule has 0 atom stereocenters. The molecule has 0 saturated carbocycles. The molecule has 0 aliphatic carbocycles. The fraction of sp³-hybridized carbons (Fsp3) is 0.250. The summed E-state index contributed by atoms with van der Waals surface area (Å²) in [7, 11) is 0. The van der Waals surface area contributed by atoms with E-state index in [1.165, 1.54) is 11.1 Å². The predicted octanol–water partition coefficient (Wildman–Crippen LogP) is 5.66. The molecule has 0 radical (unpaired) electrons. The summed E-state index contributed by atoms with van der Waals surface area (Å²) in [6.07, 6.45) is 5.58. The average Bonchev–Trinajstić information content (AvgIpc) is 2.14. The third kappa shape index (κ3) is 5.35.